The molecule has 0 aliphatic carbocycles. The number of hydrogen-bond acceptors (Lipinski definition) is 3. The van der Waals surface area contributed by atoms with Gasteiger partial charge in [0.2, 0.25) is 10.0 Å². The average molecular weight is 270 g/mol. The fourth-order valence-electron chi connectivity index (χ4n) is 1.87. The summed E-state index contributed by atoms with van der Waals surface area (Å²) in [6.45, 7) is 6.88. The molecule has 0 unspecified atom stereocenters. The van der Waals surface area contributed by atoms with Crippen LogP contribution in [0.25, 0.3) is 0 Å². The summed E-state index contributed by atoms with van der Waals surface area (Å²) in [6.07, 6.45) is 0.782. The van der Waals surface area contributed by atoms with Crippen LogP contribution in [0.1, 0.15) is 24.5 Å². The van der Waals surface area contributed by atoms with E-state index in [1.165, 1.54) is 4.31 Å². The van der Waals surface area contributed by atoms with Gasteiger partial charge in [0.05, 0.1) is 4.90 Å². The van der Waals surface area contributed by atoms with Gasteiger partial charge in [-0.15, -0.1) is 0 Å². The molecule has 102 valence electrons. The Kier molecular flexibility index (Phi) is 5.31. The first-order valence-electron chi connectivity index (χ1n) is 6.21. The summed E-state index contributed by atoms with van der Waals surface area (Å²) < 4.78 is 26.6. The lowest BCUT2D eigenvalue weighted by molar-refractivity contribution is 0.417. The Morgan fingerprint density at radius 1 is 1.22 bits per heavy atom. The van der Waals surface area contributed by atoms with Crippen molar-refractivity contribution in [2.75, 3.05) is 19.6 Å². The summed E-state index contributed by atoms with van der Waals surface area (Å²) in [4.78, 5) is 0.393. The lowest BCUT2D eigenvalue weighted by atomic mass is 10.2. The van der Waals surface area contributed by atoms with Crippen LogP contribution in [0.5, 0.6) is 0 Å². The topological polar surface area (TPSA) is 63.4 Å². The number of nitrogens with zero attached hydrogens (tertiary/aromatic N) is 1. The van der Waals surface area contributed by atoms with Gasteiger partial charge in [0.25, 0.3) is 0 Å². The van der Waals surface area contributed by atoms with Crippen molar-refractivity contribution in [3.8, 4) is 0 Å². The highest BCUT2D eigenvalue weighted by atomic mass is 32.2. The van der Waals surface area contributed by atoms with Gasteiger partial charge in [-0.3, -0.25) is 0 Å². The minimum absolute atomic E-state index is 0.337. The number of nitrogens with two attached hydrogens (primary N) is 1. The van der Waals surface area contributed by atoms with Crippen LogP contribution in [0, 0.1) is 13.8 Å². The summed E-state index contributed by atoms with van der Waals surface area (Å²) >= 11 is 0. The van der Waals surface area contributed by atoms with Crippen molar-refractivity contribution in [3.63, 3.8) is 0 Å². The quantitative estimate of drug-likeness (QED) is 0.855. The molecule has 0 spiro atoms. The molecule has 0 aliphatic rings. The van der Waals surface area contributed by atoms with Crippen LogP contribution in [-0.4, -0.2) is 32.4 Å². The summed E-state index contributed by atoms with van der Waals surface area (Å²) in [6, 6.07) is 5.49. The maximum atomic E-state index is 12.6. The van der Waals surface area contributed by atoms with Gasteiger partial charge in [-0.05, 0) is 37.5 Å². The van der Waals surface area contributed by atoms with Crippen molar-refractivity contribution in [1.29, 1.82) is 0 Å². The average Bonchev–Trinajstić information content (AvgIpc) is 2.32. The third-order valence-electron chi connectivity index (χ3n) is 2.81. The second kappa shape index (κ2) is 6.31. The van der Waals surface area contributed by atoms with Gasteiger partial charge in [-0.25, -0.2) is 8.42 Å². The second-order valence-corrected chi connectivity index (χ2v) is 6.37. The maximum absolute atomic E-state index is 12.6. The van der Waals surface area contributed by atoms with E-state index >= 15 is 0 Å². The highest BCUT2D eigenvalue weighted by Gasteiger charge is 2.24. The van der Waals surface area contributed by atoms with Crippen molar-refractivity contribution >= 4 is 10.0 Å². The summed E-state index contributed by atoms with van der Waals surface area (Å²) in [5.41, 5.74) is 7.22. The molecule has 0 fully saturated rings. The van der Waals surface area contributed by atoms with E-state index in [-0.39, 0.29) is 0 Å². The van der Waals surface area contributed by atoms with Gasteiger partial charge in [-0.2, -0.15) is 4.31 Å². The van der Waals surface area contributed by atoms with Crippen molar-refractivity contribution < 1.29 is 8.42 Å². The Morgan fingerprint density at radius 3 is 2.44 bits per heavy atom. The molecule has 1 aromatic carbocycles. The number of benzene rings is 1. The first kappa shape index (κ1) is 15.1. The maximum Gasteiger partial charge on any atom is 0.243 e. The fraction of sp³-hybridized carbons (Fsp3) is 0.538. The molecule has 0 atom stereocenters. The van der Waals surface area contributed by atoms with Crippen LogP contribution in [0.15, 0.2) is 23.1 Å². The first-order chi connectivity index (χ1) is 8.43. The highest BCUT2D eigenvalue weighted by Crippen LogP contribution is 2.21. The molecule has 0 aromatic heterocycles. The van der Waals surface area contributed by atoms with E-state index in [0.717, 1.165) is 17.5 Å². The molecule has 18 heavy (non-hydrogen) atoms. The Bertz CT molecular complexity index is 492. The van der Waals surface area contributed by atoms with Gasteiger partial charge in [0, 0.05) is 19.6 Å². The monoisotopic (exact) mass is 270 g/mol. The third kappa shape index (κ3) is 3.31. The van der Waals surface area contributed by atoms with Crippen LogP contribution in [0.2, 0.25) is 0 Å². The predicted octanol–water partition coefficient (Wildman–Crippen LogP) is 1.66. The van der Waals surface area contributed by atoms with Crippen LogP contribution in [0.4, 0.5) is 0 Å². The van der Waals surface area contributed by atoms with Gasteiger partial charge >= 0.3 is 0 Å². The minimum atomic E-state index is -3.43. The van der Waals surface area contributed by atoms with Crippen LogP contribution < -0.4 is 5.73 Å². The Labute approximate surface area is 110 Å². The zero-order valence-corrected chi connectivity index (χ0v) is 12.1. The van der Waals surface area contributed by atoms with Crippen LogP contribution in [-0.2, 0) is 10.0 Å². The van der Waals surface area contributed by atoms with Crippen molar-refractivity contribution in [1.82, 2.24) is 4.31 Å². The summed E-state index contributed by atoms with van der Waals surface area (Å²) in [5.74, 6) is 0. The van der Waals surface area contributed by atoms with Crippen molar-refractivity contribution in [2.24, 2.45) is 5.73 Å². The van der Waals surface area contributed by atoms with E-state index in [9.17, 15) is 8.42 Å². The van der Waals surface area contributed by atoms with E-state index in [2.05, 4.69) is 0 Å². The molecule has 0 saturated heterocycles. The SMILES string of the molecule is CCCN(CCN)S(=O)(=O)c1cc(C)ccc1C. The van der Waals surface area contributed by atoms with E-state index in [1.54, 1.807) is 6.07 Å². The molecular weight excluding hydrogens is 248 g/mol. The largest absolute Gasteiger partial charge is 0.329 e. The molecule has 0 heterocycles. The molecule has 0 saturated carbocycles. The number of hydrogen-bond donors (Lipinski definition) is 1. The smallest absolute Gasteiger partial charge is 0.243 e. The zero-order valence-electron chi connectivity index (χ0n) is 11.3. The fourth-order valence-corrected chi connectivity index (χ4v) is 3.73. The van der Waals surface area contributed by atoms with Crippen molar-refractivity contribution in [3.05, 3.63) is 29.3 Å². The first-order valence-corrected chi connectivity index (χ1v) is 7.65. The Hall–Kier alpha value is -0.910. The number of aryl methyl sites for hydroxylation is 2. The van der Waals surface area contributed by atoms with E-state index in [0.29, 0.717) is 24.5 Å². The molecule has 0 amide bonds. The highest BCUT2D eigenvalue weighted by molar-refractivity contribution is 7.89. The normalized spacial score (nSPS) is 12.1. The van der Waals surface area contributed by atoms with Gasteiger partial charge in [-0.1, -0.05) is 19.1 Å². The molecule has 1 aromatic rings. The number of rotatable bonds is 6. The lowest BCUT2D eigenvalue weighted by Gasteiger charge is -2.22. The van der Waals surface area contributed by atoms with Gasteiger partial charge in [0.1, 0.15) is 0 Å². The van der Waals surface area contributed by atoms with Gasteiger partial charge in [0.15, 0.2) is 0 Å². The van der Waals surface area contributed by atoms with E-state index in [1.807, 2.05) is 32.9 Å². The molecule has 5 heteroatoms. The molecule has 4 nitrogen and oxygen atoms in total. The molecule has 0 bridgehead atoms. The third-order valence-corrected chi connectivity index (χ3v) is 4.85. The minimum Gasteiger partial charge on any atom is -0.329 e. The standard InChI is InChI=1S/C13H22N2O2S/c1-4-8-15(9-7-14)18(16,17)13-10-11(2)5-6-12(13)3/h5-6,10H,4,7-9,14H2,1-3H3. The van der Waals surface area contributed by atoms with E-state index in [4.69, 9.17) is 5.73 Å². The zero-order chi connectivity index (χ0) is 13.8. The van der Waals surface area contributed by atoms with E-state index < -0.39 is 10.0 Å². The molecule has 0 radical (unpaired) electrons. The molecule has 2 N–H and O–H groups in total. The number of sulfonamides is 1. The molecular formula is C13H22N2O2S. The summed E-state index contributed by atoms with van der Waals surface area (Å²) in [5, 5.41) is 0. The second-order valence-electron chi connectivity index (χ2n) is 4.46. The van der Waals surface area contributed by atoms with Gasteiger partial charge < -0.3 is 5.73 Å². The summed E-state index contributed by atoms with van der Waals surface area (Å²) in [7, 11) is -3.43. The van der Waals surface area contributed by atoms with Crippen molar-refractivity contribution in [2.45, 2.75) is 32.1 Å². The Morgan fingerprint density at radius 2 is 1.89 bits per heavy atom. The molecule has 0 aliphatic heterocycles. The lowest BCUT2D eigenvalue weighted by Crippen LogP contribution is -2.36. The van der Waals surface area contributed by atoms with Crippen LogP contribution >= 0.6 is 0 Å². The van der Waals surface area contributed by atoms with Crippen LogP contribution in [0.3, 0.4) is 0 Å². The Balaban J connectivity index is 3.21. The molecule has 1 rings (SSSR count). The predicted molar refractivity (Wildman–Crippen MR) is 74.0 cm³/mol.